The first-order valence-electron chi connectivity index (χ1n) is 12.0. The van der Waals surface area contributed by atoms with Crippen molar-refractivity contribution in [1.29, 1.82) is 0 Å². The molecule has 0 spiro atoms. The van der Waals surface area contributed by atoms with Gasteiger partial charge in [0, 0.05) is 29.6 Å². The molecule has 6 rings (SSSR count). The first-order chi connectivity index (χ1) is 17.6. The number of benzene rings is 3. The molecule has 1 aromatic heterocycles. The van der Waals surface area contributed by atoms with Crippen LogP contribution in [0.15, 0.2) is 72.8 Å². The van der Waals surface area contributed by atoms with E-state index in [1.807, 2.05) is 66.7 Å². The van der Waals surface area contributed by atoms with Gasteiger partial charge in [-0.1, -0.05) is 42.5 Å². The number of methoxy groups -OCH3 is 2. The van der Waals surface area contributed by atoms with Gasteiger partial charge in [0.2, 0.25) is 11.8 Å². The third-order valence-electron chi connectivity index (χ3n) is 7.28. The van der Waals surface area contributed by atoms with Gasteiger partial charge < -0.3 is 24.3 Å². The van der Waals surface area contributed by atoms with Gasteiger partial charge in [-0.3, -0.25) is 9.59 Å². The Morgan fingerprint density at radius 2 is 1.69 bits per heavy atom. The van der Waals surface area contributed by atoms with Crippen molar-refractivity contribution < 1.29 is 19.1 Å². The number of H-pyrrole nitrogens is 1. The average molecular weight is 482 g/mol. The summed E-state index contributed by atoms with van der Waals surface area (Å²) in [5.41, 5.74) is 4.93. The predicted octanol–water partition coefficient (Wildman–Crippen LogP) is 4.07. The van der Waals surface area contributed by atoms with E-state index < -0.39 is 12.1 Å². The average Bonchev–Trinajstić information content (AvgIpc) is 3.29. The normalized spacial score (nSPS) is 19.3. The number of piperazine rings is 1. The number of hydrogen-bond acceptors (Lipinski definition) is 4. The topological polar surface area (TPSA) is 74.9 Å². The second kappa shape index (κ2) is 8.75. The first-order valence-corrected chi connectivity index (χ1v) is 12.0. The highest BCUT2D eigenvalue weighted by Crippen LogP contribution is 2.43. The molecule has 0 saturated carbocycles. The van der Waals surface area contributed by atoms with Crippen molar-refractivity contribution in [3.63, 3.8) is 0 Å². The molecule has 4 aromatic rings. The van der Waals surface area contributed by atoms with E-state index in [1.54, 1.807) is 24.0 Å². The summed E-state index contributed by atoms with van der Waals surface area (Å²) in [6, 6.07) is 22.5. The van der Waals surface area contributed by atoms with E-state index in [9.17, 15) is 9.59 Å². The van der Waals surface area contributed by atoms with Gasteiger partial charge in [0.05, 0.1) is 20.3 Å². The zero-order valence-corrected chi connectivity index (χ0v) is 20.2. The number of ether oxygens (including phenoxy) is 2. The molecule has 7 heteroatoms. The van der Waals surface area contributed by atoms with Crippen LogP contribution in [0.4, 0.5) is 0 Å². The Hall–Kier alpha value is -4.26. The third kappa shape index (κ3) is 3.59. The second-order valence-corrected chi connectivity index (χ2v) is 9.31. The summed E-state index contributed by atoms with van der Waals surface area (Å²) in [6.45, 7) is 0.418. The Morgan fingerprint density at radius 3 is 2.47 bits per heavy atom. The van der Waals surface area contributed by atoms with E-state index in [2.05, 4.69) is 11.1 Å². The monoisotopic (exact) mass is 481 g/mol. The van der Waals surface area contributed by atoms with E-state index >= 15 is 0 Å². The summed E-state index contributed by atoms with van der Waals surface area (Å²) < 4.78 is 10.7. The number of para-hydroxylation sites is 1. The summed E-state index contributed by atoms with van der Waals surface area (Å²) in [4.78, 5) is 34.6. The number of aromatic amines is 1. The van der Waals surface area contributed by atoms with Crippen molar-refractivity contribution in [2.24, 2.45) is 0 Å². The Balaban J connectivity index is 1.42. The van der Waals surface area contributed by atoms with Crippen LogP contribution >= 0.6 is 0 Å². The van der Waals surface area contributed by atoms with Crippen LogP contribution in [-0.2, 0) is 22.6 Å². The van der Waals surface area contributed by atoms with E-state index in [-0.39, 0.29) is 18.4 Å². The van der Waals surface area contributed by atoms with Gasteiger partial charge in [0.25, 0.3) is 0 Å². The van der Waals surface area contributed by atoms with E-state index in [1.165, 1.54) is 0 Å². The van der Waals surface area contributed by atoms with Gasteiger partial charge in [-0.15, -0.1) is 0 Å². The van der Waals surface area contributed by atoms with Gasteiger partial charge in [0.15, 0.2) is 0 Å². The summed E-state index contributed by atoms with van der Waals surface area (Å²) >= 11 is 0. The number of nitrogens with zero attached hydrogens (tertiary/aromatic N) is 2. The molecular formula is C29H27N3O4. The zero-order valence-electron chi connectivity index (χ0n) is 20.2. The quantitative estimate of drug-likeness (QED) is 0.466. The zero-order chi connectivity index (χ0) is 24.8. The third-order valence-corrected chi connectivity index (χ3v) is 7.28. The number of aromatic nitrogens is 1. The largest absolute Gasteiger partial charge is 0.497 e. The van der Waals surface area contributed by atoms with Crippen molar-refractivity contribution in [2.45, 2.75) is 25.0 Å². The highest BCUT2D eigenvalue weighted by molar-refractivity contribution is 5.97. The molecule has 0 aliphatic carbocycles. The maximum absolute atomic E-state index is 13.9. The minimum atomic E-state index is -0.576. The molecule has 2 aliphatic heterocycles. The van der Waals surface area contributed by atoms with E-state index in [0.29, 0.717) is 18.7 Å². The molecule has 0 radical (unpaired) electrons. The first kappa shape index (κ1) is 22.2. The second-order valence-electron chi connectivity index (χ2n) is 9.31. The lowest BCUT2D eigenvalue weighted by Crippen LogP contribution is -2.62. The highest BCUT2D eigenvalue weighted by Gasteiger charge is 2.48. The Kier molecular flexibility index (Phi) is 5.40. The molecule has 36 heavy (non-hydrogen) atoms. The number of carbonyl (C=O) groups excluding carboxylic acids is 2. The van der Waals surface area contributed by atoms with Crippen LogP contribution in [0.3, 0.4) is 0 Å². The van der Waals surface area contributed by atoms with Gasteiger partial charge >= 0.3 is 0 Å². The highest BCUT2D eigenvalue weighted by atomic mass is 16.5. The molecule has 0 unspecified atom stereocenters. The summed E-state index contributed by atoms with van der Waals surface area (Å²) in [5, 5.41) is 1.09. The fourth-order valence-electron chi connectivity index (χ4n) is 5.57. The molecule has 1 saturated heterocycles. The van der Waals surface area contributed by atoms with Crippen LogP contribution in [0.1, 0.15) is 28.4 Å². The number of hydrogen-bond donors (Lipinski definition) is 1. The molecule has 2 aliphatic rings. The molecule has 1 N–H and O–H groups in total. The summed E-state index contributed by atoms with van der Waals surface area (Å²) in [7, 11) is 3.25. The Morgan fingerprint density at radius 1 is 0.917 bits per heavy atom. The predicted molar refractivity (Wildman–Crippen MR) is 136 cm³/mol. The molecule has 0 bridgehead atoms. The van der Waals surface area contributed by atoms with Gasteiger partial charge in [0.1, 0.15) is 24.1 Å². The summed E-state index contributed by atoms with van der Waals surface area (Å²) in [6.07, 6.45) is 0.476. The van der Waals surface area contributed by atoms with Crippen molar-refractivity contribution in [3.8, 4) is 11.5 Å². The van der Waals surface area contributed by atoms with Gasteiger partial charge in [-0.2, -0.15) is 0 Å². The maximum Gasteiger partial charge on any atom is 0.246 e. The van der Waals surface area contributed by atoms with Crippen LogP contribution in [0.5, 0.6) is 11.5 Å². The van der Waals surface area contributed by atoms with Crippen molar-refractivity contribution >= 4 is 22.7 Å². The van der Waals surface area contributed by atoms with E-state index in [4.69, 9.17) is 9.47 Å². The van der Waals surface area contributed by atoms with Crippen LogP contribution in [0.2, 0.25) is 0 Å². The molecule has 3 heterocycles. The van der Waals surface area contributed by atoms with Crippen molar-refractivity contribution in [3.05, 3.63) is 95.2 Å². The SMILES string of the molecule is COc1ccc(CN2CC(=O)N3[C@@H](c4cccc(OC)c4)c4[nH]c5ccccc5c4C[C@H]3C2=O)cc1. The minimum Gasteiger partial charge on any atom is -0.497 e. The van der Waals surface area contributed by atoms with E-state index in [0.717, 1.165) is 39.0 Å². The maximum atomic E-state index is 13.9. The number of fused-ring (bicyclic) bond motifs is 4. The van der Waals surface area contributed by atoms with Crippen molar-refractivity contribution in [1.82, 2.24) is 14.8 Å². The fraction of sp³-hybridized carbons (Fsp3) is 0.241. The van der Waals surface area contributed by atoms with Gasteiger partial charge in [-0.05, 0) is 47.0 Å². The van der Waals surface area contributed by atoms with Crippen LogP contribution in [0, 0.1) is 0 Å². The molecular weight excluding hydrogens is 454 g/mol. The van der Waals surface area contributed by atoms with Gasteiger partial charge in [-0.25, -0.2) is 0 Å². The Bertz CT molecular complexity index is 1460. The standard InChI is InChI=1S/C29H27N3O4/c1-35-20-12-10-18(11-13-20)16-31-17-26(33)32-25(29(31)34)15-23-22-8-3-4-9-24(22)30-27(23)28(32)19-6-5-7-21(14-19)36-2/h3-14,25,28,30H,15-17H2,1-2H3/t25-,28-/m0/s1. The molecule has 2 amide bonds. The lowest BCUT2D eigenvalue weighted by Gasteiger charge is -2.47. The molecule has 2 atom stereocenters. The summed E-state index contributed by atoms with van der Waals surface area (Å²) in [5.74, 6) is 1.37. The lowest BCUT2D eigenvalue weighted by molar-refractivity contribution is -0.159. The van der Waals surface area contributed by atoms with Crippen LogP contribution < -0.4 is 9.47 Å². The molecule has 1 fully saturated rings. The fourth-order valence-corrected chi connectivity index (χ4v) is 5.57. The molecule has 182 valence electrons. The number of carbonyl (C=O) groups is 2. The minimum absolute atomic E-state index is 0.0331. The number of nitrogens with one attached hydrogen (secondary N) is 1. The molecule has 3 aromatic carbocycles. The lowest BCUT2D eigenvalue weighted by atomic mass is 9.86. The number of rotatable bonds is 5. The van der Waals surface area contributed by atoms with Crippen molar-refractivity contribution in [2.75, 3.05) is 20.8 Å². The Labute approximate surface area is 209 Å². The number of amides is 2. The van der Waals surface area contributed by atoms with Crippen LogP contribution in [0.25, 0.3) is 10.9 Å². The molecule has 7 nitrogen and oxygen atoms in total. The smallest absolute Gasteiger partial charge is 0.246 e. The van der Waals surface area contributed by atoms with Crippen LogP contribution in [-0.4, -0.2) is 53.4 Å².